The van der Waals surface area contributed by atoms with Crippen LogP contribution in [0.5, 0.6) is 5.88 Å². The van der Waals surface area contributed by atoms with Crippen LogP contribution in [0.2, 0.25) is 0 Å². The van der Waals surface area contributed by atoms with Gasteiger partial charge in [-0.2, -0.15) is 0 Å². The third kappa shape index (κ3) is 3.63. The SMILES string of the molecule is CC(=NC1CC1)c1c(O)n(C2CCCCC2)c(=O)n(C2CCCCC2)c1=O. The molecule has 0 unspecified atom stereocenters. The van der Waals surface area contributed by atoms with E-state index in [1.807, 2.05) is 0 Å². The molecule has 0 radical (unpaired) electrons. The van der Waals surface area contributed by atoms with Gasteiger partial charge in [-0.15, -0.1) is 0 Å². The Labute approximate surface area is 159 Å². The fraction of sp³-hybridized carbons (Fsp3) is 0.762. The molecule has 1 aromatic rings. The fourth-order valence-electron chi connectivity index (χ4n) is 4.82. The van der Waals surface area contributed by atoms with Crippen LogP contribution in [0.3, 0.4) is 0 Å². The molecule has 1 heterocycles. The predicted octanol–water partition coefficient (Wildman–Crippen LogP) is 3.70. The minimum atomic E-state index is -0.349. The summed E-state index contributed by atoms with van der Waals surface area (Å²) >= 11 is 0. The molecule has 27 heavy (non-hydrogen) atoms. The van der Waals surface area contributed by atoms with Gasteiger partial charge < -0.3 is 5.11 Å². The zero-order valence-corrected chi connectivity index (χ0v) is 16.3. The maximum atomic E-state index is 13.3. The molecule has 0 spiro atoms. The van der Waals surface area contributed by atoms with Crippen LogP contribution in [0.1, 0.15) is 102 Å². The number of aliphatic imine (C=N–C) groups is 1. The molecule has 0 aromatic carbocycles. The first kappa shape index (κ1) is 18.5. The zero-order chi connectivity index (χ0) is 19.0. The lowest BCUT2D eigenvalue weighted by Crippen LogP contribution is -2.46. The molecule has 3 aliphatic rings. The van der Waals surface area contributed by atoms with Crippen molar-refractivity contribution < 1.29 is 5.11 Å². The monoisotopic (exact) mass is 373 g/mol. The topological polar surface area (TPSA) is 76.6 Å². The minimum Gasteiger partial charge on any atom is -0.494 e. The standard InChI is InChI=1S/C21H31N3O3/c1-14(22-15-12-13-15)18-19(25)23(16-8-4-2-5-9-16)21(27)24(20(18)26)17-10-6-3-7-11-17/h15-17,25H,2-13H2,1H3. The van der Waals surface area contributed by atoms with E-state index in [1.165, 1.54) is 15.6 Å². The minimum absolute atomic E-state index is 0.0193. The highest BCUT2D eigenvalue weighted by atomic mass is 16.3. The molecule has 1 aromatic heterocycles. The van der Waals surface area contributed by atoms with E-state index in [2.05, 4.69) is 4.99 Å². The first-order valence-electron chi connectivity index (χ1n) is 10.7. The van der Waals surface area contributed by atoms with Gasteiger partial charge in [-0.05, 0) is 45.4 Å². The lowest BCUT2D eigenvalue weighted by atomic mass is 9.94. The molecule has 0 saturated heterocycles. The Morgan fingerprint density at radius 3 is 1.89 bits per heavy atom. The molecular weight excluding hydrogens is 342 g/mol. The van der Waals surface area contributed by atoms with Crippen molar-refractivity contribution in [1.29, 1.82) is 0 Å². The molecule has 1 N–H and O–H groups in total. The summed E-state index contributed by atoms with van der Waals surface area (Å²) in [6, 6.07) is 0.192. The van der Waals surface area contributed by atoms with E-state index in [-0.39, 0.29) is 40.8 Å². The Hall–Kier alpha value is -1.85. The highest BCUT2D eigenvalue weighted by molar-refractivity contribution is 6.00. The number of nitrogens with zero attached hydrogens (tertiary/aromatic N) is 3. The van der Waals surface area contributed by atoms with Gasteiger partial charge in [-0.3, -0.25) is 18.9 Å². The predicted molar refractivity (Wildman–Crippen MR) is 106 cm³/mol. The van der Waals surface area contributed by atoms with Crippen molar-refractivity contribution in [3.05, 3.63) is 26.4 Å². The van der Waals surface area contributed by atoms with Gasteiger partial charge in [-0.1, -0.05) is 38.5 Å². The van der Waals surface area contributed by atoms with Crippen LogP contribution < -0.4 is 11.2 Å². The Kier molecular flexibility index (Phi) is 5.24. The number of aromatic nitrogens is 2. The number of hydrogen-bond acceptors (Lipinski definition) is 4. The second-order valence-corrected chi connectivity index (χ2v) is 8.56. The van der Waals surface area contributed by atoms with Gasteiger partial charge in [0.1, 0.15) is 5.56 Å². The van der Waals surface area contributed by atoms with E-state index in [0.29, 0.717) is 5.71 Å². The first-order valence-corrected chi connectivity index (χ1v) is 10.7. The molecule has 3 fully saturated rings. The Morgan fingerprint density at radius 2 is 1.37 bits per heavy atom. The van der Waals surface area contributed by atoms with Crippen LogP contribution in [0.15, 0.2) is 14.6 Å². The van der Waals surface area contributed by atoms with Crippen molar-refractivity contribution in [2.75, 3.05) is 0 Å². The summed E-state index contributed by atoms with van der Waals surface area (Å²) in [7, 11) is 0. The first-order chi connectivity index (χ1) is 13.1. The van der Waals surface area contributed by atoms with E-state index in [0.717, 1.165) is 70.6 Å². The molecular formula is C21H31N3O3. The van der Waals surface area contributed by atoms with Gasteiger partial charge in [0.15, 0.2) is 0 Å². The van der Waals surface area contributed by atoms with Crippen molar-refractivity contribution in [3.63, 3.8) is 0 Å². The van der Waals surface area contributed by atoms with Gasteiger partial charge in [0.05, 0.1) is 11.8 Å². The third-order valence-electron chi connectivity index (χ3n) is 6.46. The summed E-state index contributed by atoms with van der Waals surface area (Å²) in [6.45, 7) is 1.80. The van der Waals surface area contributed by atoms with E-state index < -0.39 is 0 Å². The lowest BCUT2D eigenvalue weighted by Gasteiger charge is -2.29. The van der Waals surface area contributed by atoms with Crippen LogP contribution in [0.25, 0.3) is 0 Å². The van der Waals surface area contributed by atoms with Crippen molar-refractivity contribution in [2.45, 2.75) is 102 Å². The molecule has 0 bridgehead atoms. The highest BCUT2D eigenvalue weighted by Gasteiger charge is 2.30. The summed E-state index contributed by atoms with van der Waals surface area (Å²) in [5.41, 5.74) is 0.157. The van der Waals surface area contributed by atoms with Crippen molar-refractivity contribution in [1.82, 2.24) is 9.13 Å². The van der Waals surface area contributed by atoms with Gasteiger partial charge >= 0.3 is 5.69 Å². The van der Waals surface area contributed by atoms with Crippen LogP contribution in [0, 0.1) is 0 Å². The highest BCUT2D eigenvalue weighted by Crippen LogP contribution is 2.32. The molecule has 3 saturated carbocycles. The average molecular weight is 373 g/mol. The Balaban J connectivity index is 1.89. The zero-order valence-electron chi connectivity index (χ0n) is 16.3. The second kappa shape index (κ2) is 7.64. The Morgan fingerprint density at radius 1 is 0.852 bits per heavy atom. The van der Waals surface area contributed by atoms with Crippen LogP contribution >= 0.6 is 0 Å². The normalized spacial score (nSPS) is 22.9. The van der Waals surface area contributed by atoms with Gasteiger partial charge in [-0.25, -0.2) is 4.79 Å². The van der Waals surface area contributed by atoms with E-state index >= 15 is 0 Å². The average Bonchev–Trinajstić information content (AvgIpc) is 3.47. The van der Waals surface area contributed by atoms with Crippen molar-refractivity contribution >= 4 is 5.71 Å². The summed E-state index contributed by atoms with van der Waals surface area (Å²) in [5, 5.41) is 11.0. The third-order valence-corrected chi connectivity index (χ3v) is 6.46. The van der Waals surface area contributed by atoms with Gasteiger partial charge in [0.25, 0.3) is 5.56 Å². The quantitative estimate of drug-likeness (QED) is 0.818. The number of rotatable bonds is 4. The summed E-state index contributed by atoms with van der Waals surface area (Å²) in [6.07, 6.45) is 12.1. The fourth-order valence-corrected chi connectivity index (χ4v) is 4.82. The Bertz CT molecular complexity index is 835. The van der Waals surface area contributed by atoms with E-state index in [1.54, 1.807) is 6.92 Å². The number of aromatic hydroxyl groups is 1. The summed E-state index contributed by atoms with van der Waals surface area (Å²) < 4.78 is 2.98. The summed E-state index contributed by atoms with van der Waals surface area (Å²) in [5.74, 6) is -0.161. The van der Waals surface area contributed by atoms with Gasteiger partial charge in [0, 0.05) is 12.1 Å². The largest absolute Gasteiger partial charge is 0.494 e. The smallest absolute Gasteiger partial charge is 0.334 e. The van der Waals surface area contributed by atoms with E-state index in [4.69, 9.17) is 0 Å². The maximum Gasteiger partial charge on any atom is 0.334 e. The van der Waals surface area contributed by atoms with Gasteiger partial charge in [0.2, 0.25) is 5.88 Å². The van der Waals surface area contributed by atoms with Crippen LogP contribution in [-0.4, -0.2) is 26.0 Å². The van der Waals surface area contributed by atoms with E-state index in [9.17, 15) is 14.7 Å². The van der Waals surface area contributed by atoms with Crippen molar-refractivity contribution in [3.8, 4) is 5.88 Å². The maximum absolute atomic E-state index is 13.3. The lowest BCUT2D eigenvalue weighted by molar-refractivity contribution is 0.271. The van der Waals surface area contributed by atoms with Crippen LogP contribution in [-0.2, 0) is 0 Å². The van der Waals surface area contributed by atoms with Crippen LogP contribution in [0.4, 0.5) is 0 Å². The molecule has 0 amide bonds. The molecule has 3 aliphatic carbocycles. The molecule has 148 valence electrons. The molecule has 6 nitrogen and oxygen atoms in total. The molecule has 4 rings (SSSR count). The van der Waals surface area contributed by atoms with Crippen molar-refractivity contribution in [2.24, 2.45) is 4.99 Å². The molecule has 0 atom stereocenters. The molecule has 6 heteroatoms. The number of hydrogen-bond donors (Lipinski definition) is 1. The summed E-state index contributed by atoms with van der Waals surface area (Å²) in [4.78, 5) is 31.3. The molecule has 0 aliphatic heterocycles. The second-order valence-electron chi connectivity index (χ2n) is 8.56.